The smallest absolute Gasteiger partial charge is 0.224 e. The lowest BCUT2D eigenvalue weighted by Crippen LogP contribution is -2.31. The fourth-order valence-corrected chi connectivity index (χ4v) is 2.16. The largest absolute Gasteiger partial charge is 0.366 e. The van der Waals surface area contributed by atoms with E-state index in [1.807, 2.05) is 0 Å². The molecule has 1 aromatic rings. The van der Waals surface area contributed by atoms with Crippen LogP contribution in [0.2, 0.25) is 5.28 Å². The molecule has 1 heterocycles. The average Bonchev–Trinajstić information content (AvgIpc) is 2.08. The number of anilines is 1. The SMILES string of the molecule is CC(Nc1nc(Cl)ncc1Br)C1CCC1. The molecule has 2 rings (SSSR count). The van der Waals surface area contributed by atoms with Crippen LogP contribution in [0.3, 0.4) is 0 Å². The van der Waals surface area contributed by atoms with Crippen LogP contribution in [-0.2, 0) is 0 Å². The zero-order valence-electron chi connectivity index (χ0n) is 8.50. The van der Waals surface area contributed by atoms with Crippen molar-refractivity contribution in [2.45, 2.75) is 32.2 Å². The number of nitrogens with one attached hydrogen (secondary N) is 1. The predicted molar refractivity (Wildman–Crippen MR) is 65.2 cm³/mol. The molecular formula is C10H13BrClN3. The van der Waals surface area contributed by atoms with Gasteiger partial charge >= 0.3 is 0 Å². The van der Waals surface area contributed by atoms with E-state index in [-0.39, 0.29) is 5.28 Å². The van der Waals surface area contributed by atoms with Gasteiger partial charge in [-0.05, 0) is 53.2 Å². The van der Waals surface area contributed by atoms with Crippen molar-refractivity contribution in [2.75, 3.05) is 5.32 Å². The molecule has 0 amide bonds. The monoisotopic (exact) mass is 289 g/mol. The lowest BCUT2D eigenvalue weighted by Gasteiger charge is -2.32. The summed E-state index contributed by atoms with van der Waals surface area (Å²) in [6.45, 7) is 2.19. The molecule has 15 heavy (non-hydrogen) atoms. The fourth-order valence-electron chi connectivity index (χ4n) is 1.72. The molecule has 0 bridgehead atoms. The summed E-state index contributed by atoms with van der Waals surface area (Å²) < 4.78 is 0.859. The Bertz CT molecular complexity index is 355. The van der Waals surface area contributed by atoms with Crippen LogP contribution in [0.5, 0.6) is 0 Å². The second-order valence-electron chi connectivity index (χ2n) is 3.96. The first kappa shape index (κ1) is 11.1. The van der Waals surface area contributed by atoms with Crippen molar-refractivity contribution in [3.63, 3.8) is 0 Å². The maximum atomic E-state index is 5.74. The zero-order valence-corrected chi connectivity index (χ0v) is 10.8. The van der Waals surface area contributed by atoms with Crippen LogP contribution in [-0.4, -0.2) is 16.0 Å². The van der Waals surface area contributed by atoms with Gasteiger partial charge in [-0.1, -0.05) is 6.42 Å². The number of hydrogen-bond acceptors (Lipinski definition) is 3. The highest BCUT2D eigenvalue weighted by molar-refractivity contribution is 9.10. The van der Waals surface area contributed by atoms with Gasteiger partial charge in [-0.3, -0.25) is 0 Å². The Hall–Kier alpha value is -0.350. The second kappa shape index (κ2) is 4.66. The molecule has 0 spiro atoms. The van der Waals surface area contributed by atoms with Crippen molar-refractivity contribution in [3.05, 3.63) is 16.0 Å². The van der Waals surface area contributed by atoms with E-state index < -0.39 is 0 Å². The summed E-state index contributed by atoms with van der Waals surface area (Å²) in [7, 11) is 0. The normalized spacial score (nSPS) is 18.3. The highest BCUT2D eigenvalue weighted by atomic mass is 79.9. The Morgan fingerprint density at radius 1 is 1.60 bits per heavy atom. The molecule has 0 saturated heterocycles. The Morgan fingerprint density at radius 2 is 2.33 bits per heavy atom. The highest BCUT2D eigenvalue weighted by Crippen LogP contribution is 2.32. The van der Waals surface area contributed by atoms with Crippen LogP contribution in [0.15, 0.2) is 10.7 Å². The lowest BCUT2D eigenvalue weighted by atomic mass is 9.80. The summed E-state index contributed by atoms with van der Waals surface area (Å²) in [6, 6.07) is 0.445. The number of rotatable bonds is 3. The Morgan fingerprint density at radius 3 is 2.93 bits per heavy atom. The van der Waals surface area contributed by atoms with Crippen LogP contribution in [0.1, 0.15) is 26.2 Å². The van der Waals surface area contributed by atoms with Gasteiger partial charge in [0.05, 0.1) is 4.47 Å². The molecule has 1 aliphatic carbocycles. The second-order valence-corrected chi connectivity index (χ2v) is 5.15. The Kier molecular flexibility index (Phi) is 3.46. The van der Waals surface area contributed by atoms with Crippen LogP contribution in [0, 0.1) is 5.92 Å². The highest BCUT2D eigenvalue weighted by Gasteiger charge is 2.24. The quantitative estimate of drug-likeness (QED) is 0.866. The van der Waals surface area contributed by atoms with E-state index in [0.717, 1.165) is 16.2 Å². The van der Waals surface area contributed by atoms with E-state index in [4.69, 9.17) is 11.6 Å². The van der Waals surface area contributed by atoms with E-state index in [1.54, 1.807) is 6.20 Å². The summed E-state index contributed by atoms with van der Waals surface area (Å²) in [5, 5.41) is 3.65. The van der Waals surface area contributed by atoms with E-state index >= 15 is 0 Å². The van der Waals surface area contributed by atoms with E-state index in [1.165, 1.54) is 19.3 Å². The number of halogens is 2. The maximum absolute atomic E-state index is 5.74. The van der Waals surface area contributed by atoms with E-state index in [2.05, 4.69) is 38.1 Å². The van der Waals surface area contributed by atoms with Crippen LogP contribution < -0.4 is 5.32 Å². The first-order valence-corrected chi connectivity index (χ1v) is 6.28. The van der Waals surface area contributed by atoms with Crippen molar-refractivity contribution in [3.8, 4) is 0 Å². The molecule has 82 valence electrons. The zero-order chi connectivity index (χ0) is 10.8. The summed E-state index contributed by atoms with van der Waals surface area (Å²) in [4.78, 5) is 8.04. The molecule has 1 N–H and O–H groups in total. The molecule has 1 atom stereocenters. The van der Waals surface area contributed by atoms with Crippen molar-refractivity contribution in [2.24, 2.45) is 5.92 Å². The first-order valence-electron chi connectivity index (χ1n) is 5.11. The molecular weight excluding hydrogens is 277 g/mol. The lowest BCUT2D eigenvalue weighted by molar-refractivity contribution is 0.285. The topological polar surface area (TPSA) is 37.8 Å². The summed E-state index contributed by atoms with van der Waals surface area (Å²) in [5.74, 6) is 1.56. The van der Waals surface area contributed by atoms with Crippen molar-refractivity contribution in [1.29, 1.82) is 0 Å². The molecule has 1 aliphatic rings. The summed E-state index contributed by atoms with van der Waals surface area (Å²) >= 11 is 9.15. The van der Waals surface area contributed by atoms with Gasteiger partial charge in [0.15, 0.2) is 0 Å². The average molecular weight is 291 g/mol. The van der Waals surface area contributed by atoms with Crippen molar-refractivity contribution < 1.29 is 0 Å². The van der Waals surface area contributed by atoms with Crippen molar-refractivity contribution in [1.82, 2.24) is 9.97 Å². The van der Waals surface area contributed by atoms with Crippen molar-refractivity contribution >= 4 is 33.3 Å². The summed E-state index contributed by atoms with van der Waals surface area (Å²) in [6.07, 6.45) is 5.64. The molecule has 0 aliphatic heterocycles. The minimum atomic E-state index is 0.279. The minimum Gasteiger partial charge on any atom is -0.366 e. The predicted octanol–water partition coefficient (Wildman–Crippen LogP) is 3.49. The van der Waals surface area contributed by atoms with Gasteiger partial charge in [0.25, 0.3) is 0 Å². The van der Waals surface area contributed by atoms with Gasteiger partial charge in [0.1, 0.15) is 5.82 Å². The number of hydrogen-bond donors (Lipinski definition) is 1. The molecule has 3 nitrogen and oxygen atoms in total. The fraction of sp³-hybridized carbons (Fsp3) is 0.600. The Balaban J connectivity index is 2.05. The molecule has 0 radical (unpaired) electrons. The molecule has 1 fully saturated rings. The van der Waals surface area contributed by atoms with E-state index in [9.17, 15) is 0 Å². The summed E-state index contributed by atoms with van der Waals surface area (Å²) in [5.41, 5.74) is 0. The molecule has 1 aromatic heterocycles. The van der Waals surface area contributed by atoms with Crippen LogP contribution in [0.25, 0.3) is 0 Å². The third-order valence-electron chi connectivity index (χ3n) is 2.94. The first-order chi connectivity index (χ1) is 7.16. The molecule has 5 heteroatoms. The van der Waals surface area contributed by atoms with E-state index in [0.29, 0.717) is 6.04 Å². The molecule has 1 unspecified atom stereocenters. The Labute approximate surface area is 103 Å². The minimum absolute atomic E-state index is 0.279. The molecule has 1 saturated carbocycles. The standard InChI is InChI=1S/C10H13BrClN3/c1-6(7-3-2-4-7)14-9-8(11)5-13-10(12)15-9/h5-7H,2-4H2,1H3,(H,13,14,15). The van der Waals surface area contributed by atoms with Gasteiger partial charge in [-0.2, -0.15) is 4.98 Å². The third kappa shape index (κ3) is 2.61. The van der Waals surface area contributed by atoms with Crippen LogP contribution >= 0.6 is 27.5 Å². The van der Waals surface area contributed by atoms with Gasteiger partial charge in [-0.25, -0.2) is 4.98 Å². The molecule has 0 aromatic carbocycles. The maximum Gasteiger partial charge on any atom is 0.224 e. The number of nitrogens with zero attached hydrogens (tertiary/aromatic N) is 2. The third-order valence-corrected chi connectivity index (χ3v) is 3.70. The van der Waals surface area contributed by atoms with Gasteiger partial charge in [-0.15, -0.1) is 0 Å². The van der Waals surface area contributed by atoms with Crippen LogP contribution in [0.4, 0.5) is 5.82 Å². The number of aromatic nitrogens is 2. The van der Waals surface area contributed by atoms with Gasteiger partial charge in [0.2, 0.25) is 5.28 Å². The van der Waals surface area contributed by atoms with Gasteiger partial charge in [0, 0.05) is 12.2 Å². The van der Waals surface area contributed by atoms with Gasteiger partial charge < -0.3 is 5.32 Å².